The predicted octanol–water partition coefficient (Wildman–Crippen LogP) is 1.42. The zero-order valence-corrected chi connectivity index (χ0v) is 11.2. The second-order valence-corrected chi connectivity index (χ2v) is 5.59. The Bertz CT molecular complexity index is 487. The zero-order chi connectivity index (χ0) is 13.4. The Kier molecular flexibility index (Phi) is 3.19. The first-order valence-corrected chi connectivity index (χ1v) is 6.96. The number of anilines is 1. The molecule has 0 aromatic heterocycles. The zero-order valence-electron chi connectivity index (χ0n) is 11.2. The van der Waals surface area contributed by atoms with Crippen molar-refractivity contribution in [3.05, 3.63) is 29.8 Å². The molecule has 1 saturated heterocycles. The average molecular weight is 260 g/mol. The van der Waals surface area contributed by atoms with E-state index in [4.69, 9.17) is 0 Å². The van der Waals surface area contributed by atoms with Crippen LogP contribution in [0.2, 0.25) is 0 Å². The third-order valence-electron chi connectivity index (χ3n) is 4.35. The molecule has 102 valence electrons. The van der Waals surface area contributed by atoms with Gasteiger partial charge in [-0.1, -0.05) is 18.2 Å². The average Bonchev–Trinajstić information content (AvgIpc) is 3.05. The van der Waals surface area contributed by atoms with Gasteiger partial charge < -0.3 is 15.3 Å². The lowest BCUT2D eigenvalue weighted by atomic mass is 10.00. The molecular weight excluding hydrogens is 240 g/mol. The van der Waals surface area contributed by atoms with Gasteiger partial charge in [-0.3, -0.25) is 4.79 Å². The molecule has 3 rings (SSSR count). The van der Waals surface area contributed by atoms with Crippen LogP contribution >= 0.6 is 0 Å². The monoisotopic (exact) mass is 260 g/mol. The number of aliphatic hydroxyl groups is 1. The minimum Gasteiger partial charge on any atom is -0.393 e. The normalized spacial score (nSPS) is 26.9. The Hall–Kier alpha value is -1.55. The van der Waals surface area contributed by atoms with E-state index in [2.05, 4.69) is 5.32 Å². The second-order valence-electron chi connectivity index (χ2n) is 5.59. The van der Waals surface area contributed by atoms with Crippen LogP contribution in [0.1, 0.15) is 24.8 Å². The number of benzene rings is 1. The van der Waals surface area contributed by atoms with Crippen molar-refractivity contribution in [3.63, 3.8) is 0 Å². The van der Waals surface area contributed by atoms with E-state index < -0.39 is 0 Å². The molecule has 3 unspecified atom stereocenters. The molecule has 4 nitrogen and oxygen atoms in total. The molecule has 1 aromatic rings. The molecule has 0 radical (unpaired) electrons. The van der Waals surface area contributed by atoms with Crippen molar-refractivity contribution in [1.82, 2.24) is 4.90 Å². The first kappa shape index (κ1) is 12.5. The first-order valence-electron chi connectivity index (χ1n) is 6.96. The molecule has 1 fully saturated rings. The Morgan fingerprint density at radius 3 is 3.00 bits per heavy atom. The number of fused-ring (bicyclic) bond motifs is 1. The van der Waals surface area contributed by atoms with Gasteiger partial charge in [-0.2, -0.15) is 0 Å². The molecule has 4 heteroatoms. The summed E-state index contributed by atoms with van der Waals surface area (Å²) in [5, 5.41) is 12.9. The van der Waals surface area contributed by atoms with Gasteiger partial charge in [-0.05, 0) is 25.0 Å². The van der Waals surface area contributed by atoms with Crippen LogP contribution in [-0.2, 0) is 4.79 Å². The van der Waals surface area contributed by atoms with Gasteiger partial charge in [0, 0.05) is 31.2 Å². The van der Waals surface area contributed by atoms with Crippen LogP contribution in [0.15, 0.2) is 24.3 Å². The van der Waals surface area contributed by atoms with Crippen molar-refractivity contribution in [2.45, 2.75) is 25.4 Å². The van der Waals surface area contributed by atoms with E-state index in [0.29, 0.717) is 13.1 Å². The number of carbonyl (C=O) groups is 1. The van der Waals surface area contributed by atoms with Crippen molar-refractivity contribution in [1.29, 1.82) is 0 Å². The standard InChI is InChI=1S/C15H20N2O2/c1-10(18)11-6-7-17(9-11)15(19)13-8-16-14-5-3-2-4-12(13)14/h2-5,10-11,13,16,18H,6-9H2,1H3. The molecule has 0 aliphatic carbocycles. The summed E-state index contributed by atoms with van der Waals surface area (Å²) in [4.78, 5) is 14.5. The number of likely N-dealkylation sites (tertiary alicyclic amines) is 1. The molecule has 2 aliphatic heterocycles. The number of hydrogen-bond donors (Lipinski definition) is 2. The highest BCUT2D eigenvalue weighted by Crippen LogP contribution is 2.33. The van der Waals surface area contributed by atoms with Crippen LogP contribution < -0.4 is 5.32 Å². The molecule has 1 aromatic carbocycles. The topological polar surface area (TPSA) is 52.6 Å². The fourth-order valence-corrected chi connectivity index (χ4v) is 3.11. The van der Waals surface area contributed by atoms with E-state index >= 15 is 0 Å². The van der Waals surface area contributed by atoms with Crippen LogP contribution in [0.25, 0.3) is 0 Å². The summed E-state index contributed by atoms with van der Waals surface area (Å²) in [6.45, 7) is 3.96. The number of rotatable bonds is 2. The van der Waals surface area contributed by atoms with Crippen LogP contribution in [0.3, 0.4) is 0 Å². The molecule has 0 saturated carbocycles. The number of carbonyl (C=O) groups excluding carboxylic acids is 1. The van der Waals surface area contributed by atoms with Crippen molar-refractivity contribution in [2.24, 2.45) is 5.92 Å². The number of aliphatic hydroxyl groups excluding tert-OH is 1. The third-order valence-corrected chi connectivity index (χ3v) is 4.35. The largest absolute Gasteiger partial charge is 0.393 e. The summed E-state index contributed by atoms with van der Waals surface area (Å²) in [5.74, 6) is 0.359. The fourth-order valence-electron chi connectivity index (χ4n) is 3.11. The van der Waals surface area contributed by atoms with Gasteiger partial charge in [0.2, 0.25) is 5.91 Å². The van der Waals surface area contributed by atoms with Gasteiger partial charge in [0.15, 0.2) is 0 Å². The smallest absolute Gasteiger partial charge is 0.231 e. The predicted molar refractivity (Wildman–Crippen MR) is 74.0 cm³/mol. The minimum atomic E-state index is -0.327. The molecule has 1 amide bonds. The lowest BCUT2D eigenvalue weighted by Crippen LogP contribution is -2.35. The molecular formula is C15H20N2O2. The summed E-state index contributed by atoms with van der Waals surface area (Å²) in [7, 11) is 0. The maximum atomic E-state index is 12.6. The first-order chi connectivity index (χ1) is 9.16. The molecule has 2 aliphatic rings. The van der Waals surface area contributed by atoms with Crippen LogP contribution in [0.4, 0.5) is 5.69 Å². The van der Waals surface area contributed by atoms with Gasteiger partial charge in [0.1, 0.15) is 0 Å². The molecule has 3 atom stereocenters. The summed E-state index contributed by atoms with van der Waals surface area (Å²) in [6.07, 6.45) is 0.581. The number of para-hydroxylation sites is 1. The number of hydrogen-bond acceptors (Lipinski definition) is 3. The van der Waals surface area contributed by atoms with Gasteiger partial charge in [-0.25, -0.2) is 0 Å². The van der Waals surface area contributed by atoms with E-state index in [-0.39, 0.29) is 23.8 Å². The Labute approximate surface area is 113 Å². The van der Waals surface area contributed by atoms with Crippen molar-refractivity contribution < 1.29 is 9.90 Å². The fraction of sp³-hybridized carbons (Fsp3) is 0.533. The number of nitrogens with zero attached hydrogens (tertiary/aromatic N) is 1. The molecule has 0 bridgehead atoms. The van der Waals surface area contributed by atoms with Crippen molar-refractivity contribution in [2.75, 3.05) is 25.0 Å². The highest BCUT2D eigenvalue weighted by molar-refractivity contribution is 5.88. The highest BCUT2D eigenvalue weighted by Gasteiger charge is 2.35. The Morgan fingerprint density at radius 2 is 2.26 bits per heavy atom. The van der Waals surface area contributed by atoms with Crippen LogP contribution in [-0.4, -0.2) is 41.7 Å². The Balaban J connectivity index is 1.73. The van der Waals surface area contributed by atoms with Gasteiger partial charge >= 0.3 is 0 Å². The van der Waals surface area contributed by atoms with Crippen LogP contribution in [0, 0.1) is 5.92 Å². The van der Waals surface area contributed by atoms with Gasteiger partial charge in [-0.15, -0.1) is 0 Å². The molecule has 19 heavy (non-hydrogen) atoms. The van der Waals surface area contributed by atoms with Gasteiger partial charge in [0.05, 0.1) is 12.0 Å². The van der Waals surface area contributed by atoms with E-state index in [9.17, 15) is 9.90 Å². The Morgan fingerprint density at radius 1 is 1.47 bits per heavy atom. The summed E-state index contributed by atoms with van der Waals surface area (Å²) in [6, 6.07) is 8.01. The summed E-state index contributed by atoms with van der Waals surface area (Å²) < 4.78 is 0. The maximum Gasteiger partial charge on any atom is 0.231 e. The molecule has 2 N–H and O–H groups in total. The van der Waals surface area contributed by atoms with Crippen molar-refractivity contribution >= 4 is 11.6 Å². The lowest BCUT2D eigenvalue weighted by molar-refractivity contribution is -0.131. The van der Waals surface area contributed by atoms with E-state index in [1.54, 1.807) is 0 Å². The second kappa shape index (κ2) is 4.85. The van der Waals surface area contributed by atoms with E-state index in [0.717, 1.165) is 24.2 Å². The van der Waals surface area contributed by atoms with E-state index in [1.807, 2.05) is 36.1 Å². The SMILES string of the molecule is CC(O)C1CCN(C(=O)C2CNc3ccccc32)C1. The highest BCUT2D eigenvalue weighted by atomic mass is 16.3. The summed E-state index contributed by atoms with van der Waals surface area (Å²) >= 11 is 0. The quantitative estimate of drug-likeness (QED) is 0.845. The number of nitrogens with one attached hydrogen (secondary N) is 1. The maximum absolute atomic E-state index is 12.6. The lowest BCUT2D eigenvalue weighted by Gasteiger charge is -2.21. The van der Waals surface area contributed by atoms with Crippen molar-refractivity contribution in [3.8, 4) is 0 Å². The number of amides is 1. The van der Waals surface area contributed by atoms with Crippen LogP contribution in [0.5, 0.6) is 0 Å². The summed E-state index contributed by atoms with van der Waals surface area (Å²) in [5.41, 5.74) is 2.18. The van der Waals surface area contributed by atoms with Gasteiger partial charge in [0.25, 0.3) is 0 Å². The van der Waals surface area contributed by atoms with E-state index in [1.165, 1.54) is 0 Å². The molecule has 2 heterocycles. The molecule has 0 spiro atoms. The third kappa shape index (κ3) is 2.21. The minimum absolute atomic E-state index is 0.0658.